The quantitative estimate of drug-likeness (QED) is 0.446. The lowest BCUT2D eigenvalue weighted by molar-refractivity contribution is -0.117. The number of aromatic nitrogens is 3. The minimum absolute atomic E-state index is 0.288. The molecule has 1 amide bonds. The van der Waals surface area contributed by atoms with Gasteiger partial charge in [0.05, 0.1) is 11.4 Å². The van der Waals surface area contributed by atoms with Gasteiger partial charge in [-0.05, 0) is 36.8 Å². The first-order chi connectivity index (χ1) is 16.1. The Kier molecular flexibility index (Phi) is 5.59. The van der Waals surface area contributed by atoms with Crippen LogP contribution in [0, 0.1) is 6.92 Å². The predicted molar refractivity (Wildman–Crippen MR) is 130 cm³/mol. The van der Waals surface area contributed by atoms with Crippen LogP contribution in [0.4, 0.5) is 0 Å². The highest BCUT2D eigenvalue weighted by Gasteiger charge is 2.28. The number of carbonyl (C=O) groups excluding carboxylic acids is 1. The second-order valence-corrected chi connectivity index (χ2v) is 8.03. The number of fused-ring (bicyclic) bond motifs is 3. The van der Waals surface area contributed by atoms with Crippen molar-refractivity contribution in [3.63, 3.8) is 0 Å². The summed E-state index contributed by atoms with van der Waals surface area (Å²) < 4.78 is 1.95. The summed E-state index contributed by atoms with van der Waals surface area (Å²) in [5.74, 6) is 0.987. The number of nitrogens with one attached hydrogen (secondary N) is 1. The van der Waals surface area contributed by atoms with Crippen molar-refractivity contribution in [3.8, 4) is 5.69 Å². The van der Waals surface area contributed by atoms with Gasteiger partial charge in [0.15, 0.2) is 12.0 Å². The summed E-state index contributed by atoms with van der Waals surface area (Å²) in [6, 6.07) is 25.2. The van der Waals surface area contributed by atoms with Gasteiger partial charge in [-0.1, -0.05) is 72.3 Å². The third-order valence-electron chi connectivity index (χ3n) is 5.38. The molecule has 0 saturated carbocycles. The standard InChI is InChI=1S/C26H20ClN5O/c1-17-30-31-26-25(28-23(33)16-13-18-11-14-20(27)15-12-18)29-24(19-7-3-2-4-8-19)21-9-5-6-10-22(21)32(17)26/h2-16,25H,1H3,(H,28,33)/b16-13+. The fourth-order valence-corrected chi connectivity index (χ4v) is 3.96. The molecule has 1 unspecified atom stereocenters. The van der Waals surface area contributed by atoms with Crippen molar-refractivity contribution in [1.82, 2.24) is 20.1 Å². The van der Waals surface area contributed by atoms with Crippen molar-refractivity contribution in [1.29, 1.82) is 0 Å². The van der Waals surface area contributed by atoms with E-state index in [0.717, 1.165) is 33.9 Å². The average molecular weight is 454 g/mol. The molecule has 0 saturated heterocycles. The maximum Gasteiger partial charge on any atom is 0.245 e. The molecule has 1 aromatic heterocycles. The smallest absolute Gasteiger partial charge is 0.245 e. The van der Waals surface area contributed by atoms with Crippen molar-refractivity contribution in [2.45, 2.75) is 13.1 Å². The van der Waals surface area contributed by atoms with Gasteiger partial charge in [-0.3, -0.25) is 14.4 Å². The average Bonchev–Trinajstić information content (AvgIpc) is 3.16. The summed E-state index contributed by atoms with van der Waals surface area (Å²) in [6.07, 6.45) is 2.50. The van der Waals surface area contributed by atoms with E-state index in [4.69, 9.17) is 16.6 Å². The second kappa shape index (κ2) is 8.84. The molecule has 0 radical (unpaired) electrons. The van der Waals surface area contributed by atoms with E-state index in [9.17, 15) is 4.79 Å². The van der Waals surface area contributed by atoms with Gasteiger partial charge in [0, 0.05) is 22.2 Å². The molecule has 2 heterocycles. The van der Waals surface area contributed by atoms with Crippen molar-refractivity contribution < 1.29 is 4.79 Å². The molecule has 4 aromatic rings. The molecule has 0 spiro atoms. The van der Waals surface area contributed by atoms with Gasteiger partial charge in [-0.15, -0.1) is 10.2 Å². The summed E-state index contributed by atoms with van der Waals surface area (Å²) in [6.45, 7) is 1.89. The summed E-state index contributed by atoms with van der Waals surface area (Å²) >= 11 is 5.94. The highest BCUT2D eigenvalue weighted by molar-refractivity contribution is 6.30. The summed E-state index contributed by atoms with van der Waals surface area (Å²) in [7, 11) is 0. The number of hydrogen-bond donors (Lipinski definition) is 1. The molecule has 7 heteroatoms. The van der Waals surface area contributed by atoms with Crippen molar-refractivity contribution in [2.75, 3.05) is 0 Å². The van der Waals surface area contributed by atoms with Crippen LogP contribution >= 0.6 is 11.6 Å². The summed E-state index contributed by atoms with van der Waals surface area (Å²) in [5.41, 5.74) is 4.48. The largest absolute Gasteiger partial charge is 0.324 e. The third kappa shape index (κ3) is 4.21. The fraction of sp³-hybridized carbons (Fsp3) is 0.0769. The molecular formula is C26H20ClN5O. The first-order valence-electron chi connectivity index (χ1n) is 10.5. The minimum atomic E-state index is -0.712. The topological polar surface area (TPSA) is 72.2 Å². The molecule has 5 rings (SSSR count). The lowest BCUT2D eigenvalue weighted by Crippen LogP contribution is -2.28. The Bertz CT molecular complexity index is 1370. The van der Waals surface area contributed by atoms with Crippen LogP contribution in [0.15, 0.2) is 89.9 Å². The fourth-order valence-electron chi connectivity index (χ4n) is 3.83. The van der Waals surface area contributed by atoms with E-state index in [0.29, 0.717) is 10.8 Å². The van der Waals surface area contributed by atoms with Gasteiger partial charge in [0.1, 0.15) is 5.82 Å². The maximum atomic E-state index is 12.8. The number of carbonyl (C=O) groups is 1. The van der Waals surface area contributed by atoms with Crippen LogP contribution in [0.3, 0.4) is 0 Å². The lowest BCUT2D eigenvalue weighted by Gasteiger charge is -2.13. The molecule has 0 bridgehead atoms. The maximum absolute atomic E-state index is 12.8. The zero-order chi connectivity index (χ0) is 22.8. The van der Waals surface area contributed by atoms with Crippen molar-refractivity contribution in [3.05, 3.63) is 118 Å². The number of aryl methyl sites for hydroxylation is 1. The number of hydrogen-bond acceptors (Lipinski definition) is 4. The van der Waals surface area contributed by atoms with Crippen molar-refractivity contribution >= 4 is 29.3 Å². The van der Waals surface area contributed by atoms with Gasteiger partial charge in [0.25, 0.3) is 0 Å². The summed E-state index contributed by atoms with van der Waals surface area (Å²) in [4.78, 5) is 17.8. The molecule has 33 heavy (non-hydrogen) atoms. The van der Waals surface area contributed by atoms with Gasteiger partial charge in [0.2, 0.25) is 5.91 Å². The Balaban J connectivity index is 1.56. The zero-order valence-corrected chi connectivity index (χ0v) is 18.6. The number of benzene rings is 3. The van der Waals surface area contributed by atoms with E-state index < -0.39 is 6.17 Å². The van der Waals surface area contributed by atoms with E-state index in [-0.39, 0.29) is 5.91 Å². The Hall–Kier alpha value is -4.03. The first-order valence-corrected chi connectivity index (χ1v) is 10.9. The number of rotatable bonds is 4. The van der Waals surface area contributed by atoms with Crippen LogP contribution in [0.1, 0.15) is 34.5 Å². The Morgan fingerprint density at radius 3 is 2.48 bits per heavy atom. The molecule has 0 aliphatic carbocycles. The molecular weight excluding hydrogens is 434 g/mol. The molecule has 1 aliphatic rings. The first kappa shape index (κ1) is 20.8. The highest BCUT2D eigenvalue weighted by Crippen LogP contribution is 2.29. The molecule has 1 N–H and O–H groups in total. The number of aliphatic imine (C=N–C) groups is 1. The normalized spacial score (nSPS) is 14.8. The predicted octanol–water partition coefficient (Wildman–Crippen LogP) is 4.91. The summed E-state index contributed by atoms with van der Waals surface area (Å²) in [5, 5.41) is 12.2. The van der Waals surface area contributed by atoms with Crippen LogP contribution in [0.2, 0.25) is 5.02 Å². The number of para-hydroxylation sites is 1. The van der Waals surface area contributed by atoms with E-state index in [1.54, 1.807) is 18.2 Å². The monoisotopic (exact) mass is 453 g/mol. The van der Waals surface area contributed by atoms with Gasteiger partial charge >= 0.3 is 0 Å². The van der Waals surface area contributed by atoms with Crippen LogP contribution < -0.4 is 5.32 Å². The van der Waals surface area contributed by atoms with Gasteiger partial charge in [-0.25, -0.2) is 0 Å². The Morgan fingerprint density at radius 1 is 0.970 bits per heavy atom. The molecule has 6 nitrogen and oxygen atoms in total. The van der Waals surface area contributed by atoms with E-state index >= 15 is 0 Å². The van der Waals surface area contributed by atoms with E-state index in [1.807, 2.05) is 78.2 Å². The van der Waals surface area contributed by atoms with E-state index in [2.05, 4.69) is 15.5 Å². The number of amides is 1. The Labute approximate surface area is 196 Å². The second-order valence-electron chi connectivity index (χ2n) is 7.60. The van der Waals surface area contributed by atoms with Crippen LogP contribution in [0.5, 0.6) is 0 Å². The van der Waals surface area contributed by atoms with Gasteiger partial charge < -0.3 is 5.32 Å². The lowest BCUT2D eigenvalue weighted by atomic mass is 10.0. The molecule has 162 valence electrons. The van der Waals surface area contributed by atoms with E-state index in [1.165, 1.54) is 6.08 Å². The molecule has 0 fully saturated rings. The SMILES string of the molecule is Cc1nnc2n1-c1ccccc1C(c1ccccc1)=NC2NC(=O)/C=C/c1ccc(Cl)cc1. The third-order valence-corrected chi connectivity index (χ3v) is 5.63. The van der Waals surface area contributed by atoms with Gasteiger partial charge in [-0.2, -0.15) is 0 Å². The molecule has 1 aliphatic heterocycles. The van der Waals surface area contributed by atoms with Crippen LogP contribution in [-0.2, 0) is 4.79 Å². The number of nitrogens with zero attached hydrogens (tertiary/aromatic N) is 4. The minimum Gasteiger partial charge on any atom is -0.324 e. The van der Waals surface area contributed by atoms with Crippen LogP contribution in [-0.4, -0.2) is 26.4 Å². The van der Waals surface area contributed by atoms with Crippen molar-refractivity contribution in [2.24, 2.45) is 4.99 Å². The number of halogens is 1. The molecule has 3 aromatic carbocycles. The van der Waals surface area contributed by atoms with Crippen LogP contribution in [0.25, 0.3) is 11.8 Å². The Morgan fingerprint density at radius 2 is 1.70 bits per heavy atom. The molecule has 1 atom stereocenters. The zero-order valence-electron chi connectivity index (χ0n) is 17.8. The highest BCUT2D eigenvalue weighted by atomic mass is 35.5.